The molecule has 0 aliphatic heterocycles. The summed E-state index contributed by atoms with van der Waals surface area (Å²) < 4.78 is 25.8. The monoisotopic (exact) mass is 654 g/mol. The lowest BCUT2D eigenvalue weighted by Crippen LogP contribution is -2.63. The van der Waals surface area contributed by atoms with Crippen molar-refractivity contribution in [2.24, 2.45) is 0 Å². The maximum absolute atomic E-state index is 13.9. The first-order valence-electron chi connectivity index (χ1n) is 14.1. The lowest BCUT2D eigenvalue weighted by molar-refractivity contribution is -0.195. The minimum absolute atomic E-state index is 0.325. The van der Waals surface area contributed by atoms with Crippen molar-refractivity contribution in [2.75, 3.05) is 13.2 Å². The van der Waals surface area contributed by atoms with Crippen LogP contribution in [-0.4, -0.2) is 101 Å². The first-order chi connectivity index (χ1) is 21.2. The number of carbonyl (C=O) groups is 7. The van der Waals surface area contributed by atoms with Crippen LogP contribution in [0.3, 0.4) is 0 Å². The zero-order valence-electron chi connectivity index (χ0n) is 26.8. The van der Waals surface area contributed by atoms with Crippen LogP contribution in [-0.2, 0) is 58.9 Å². The number of carboxylic acid groups (broad SMARTS) is 1. The SMILES string of the molecule is CC(=O)OC[C@@H](O)[C@@H](OC(C)=O)[C@H](OC(C)=O)[C@H](CNC(=O)[C@@](CC(=O)O)(Cc1ccccc1)NC(=O)OC(C)(C)C)OC(C)=O. The fourth-order valence-electron chi connectivity index (χ4n) is 4.27. The Morgan fingerprint density at radius 1 is 0.804 bits per heavy atom. The van der Waals surface area contributed by atoms with Gasteiger partial charge in [0.2, 0.25) is 5.91 Å². The number of carbonyl (C=O) groups excluding carboxylic acids is 6. The summed E-state index contributed by atoms with van der Waals surface area (Å²) in [6.45, 7) is 7.27. The summed E-state index contributed by atoms with van der Waals surface area (Å²) in [5.41, 5.74) is -2.72. The number of esters is 4. The molecule has 16 heteroatoms. The van der Waals surface area contributed by atoms with Crippen LogP contribution in [0.5, 0.6) is 0 Å². The molecule has 0 fully saturated rings. The predicted molar refractivity (Wildman–Crippen MR) is 157 cm³/mol. The van der Waals surface area contributed by atoms with Crippen LogP contribution in [0, 0.1) is 0 Å². The molecule has 256 valence electrons. The van der Waals surface area contributed by atoms with Crippen LogP contribution < -0.4 is 10.6 Å². The lowest BCUT2D eigenvalue weighted by Gasteiger charge is -2.36. The number of aliphatic hydroxyl groups excluding tert-OH is 1. The fourth-order valence-corrected chi connectivity index (χ4v) is 4.27. The molecule has 0 aliphatic rings. The average molecular weight is 655 g/mol. The van der Waals surface area contributed by atoms with E-state index in [1.54, 1.807) is 51.1 Å². The lowest BCUT2D eigenvalue weighted by atomic mass is 9.86. The zero-order valence-corrected chi connectivity index (χ0v) is 26.8. The third-order valence-electron chi connectivity index (χ3n) is 5.89. The van der Waals surface area contributed by atoms with Crippen LogP contribution >= 0.6 is 0 Å². The van der Waals surface area contributed by atoms with Gasteiger partial charge in [0, 0.05) is 34.1 Å². The Hall–Kier alpha value is -4.73. The highest BCUT2D eigenvalue weighted by molar-refractivity contribution is 5.94. The molecule has 0 aromatic heterocycles. The second kappa shape index (κ2) is 17.7. The minimum Gasteiger partial charge on any atom is -0.481 e. The normalized spacial score (nSPS) is 15.0. The number of benzene rings is 1. The van der Waals surface area contributed by atoms with Crippen molar-refractivity contribution in [3.8, 4) is 0 Å². The number of aliphatic carboxylic acids is 1. The van der Waals surface area contributed by atoms with Crippen molar-refractivity contribution in [2.45, 2.75) is 96.9 Å². The number of ether oxygens (including phenoxy) is 5. The van der Waals surface area contributed by atoms with Crippen molar-refractivity contribution < 1.29 is 67.5 Å². The number of aliphatic hydroxyl groups is 1. The molecule has 0 saturated carbocycles. The van der Waals surface area contributed by atoms with Gasteiger partial charge in [-0.05, 0) is 26.3 Å². The van der Waals surface area contributed by atoms with Gasteiger partial charge in [0.15, 0.2) is 18.3 Å². The van der Waals surface area contributed by atoms with Gasteiger partial charge >= 0.3 is 35.9 Å². The zero-order chi connectivity index (χ0) is 35.2. The van der Waals surface area contributed by atoms with Crippen LogP contribution in [0.4, 0.5) is 4.79 Å². The molecule has 2 amide bonds. The molecule has 1 aromatic carbocycles. The van der Waals surface area contributed by atoms with Crippen LogP contribution in [0.2, 0.25) is 0 Å². The van der Waals surface area contributed by atoms with E-state index in [9.17, 15) is 43.8 Å². The molecule has 0 saturated heterocycles. The number of amides is 2. The molecule has 0 bridgehead atoms. The quantitative estimate of drug-likeness (QED) is 0.143. The summed E-state index contributed by atoms with van der Waals surface area (Å²) in [6.07, 6.45) is -9.37. The Morgan fingerprint density at radius 2 is 1.35 bits per heavy atom. The van der Waals surface area contributed by atoms with Crippen molar-refractivity contribution in [1.29, 1.82) is 0 Å². The molecule has 16 nitrogen and oxygen atoms in total. The summed E-state index contributed by atoms with van der Waals surface area (Å²) in [4.78, 5) is 86.3. The van der Waals surface area contributed by atoms with Crippen LogP contribution in [0.1, 0.15) is 60.5 Å². The van der Waals surface area contributed by atoms with Gasteiger partial charge in [-0.15, -0.1) is 0 Å². The van der Waals surface area contributed by atoms with Gasteiger partial charge in [0.05, 0.1) is 13.0 Å². The smallest absolute Gasteiger partial charge is 0.408 e. The molecule has 5 atom stereocenters. The summed E-state index contributed by atoms with van der Waals surface area (Å²) in [5, 5.41) is 25.3. The largest absolute Gasteiger partial charge is 0.481 e. The molecule has 1 aromatic rings. The van der Waals surface area contributed by atoms with Crippen molar-refractivity contribution >= 4 is 41.8 Å². The highest BCUT2D eigenvalue weighted by Gasteiger charge is 2.46. The number of nitrogens with one attached hydrogen (secondary N) is 2. The Balaban J connectivity index is 3.61. The second-order valence-electron chi connectivity index (χ2n) is 11.3. The van der Waals surface area contributed by atoms with Gasteiger partial charge in [-0.2, -0.15) is 0 Å². The number of hydrogen-bond acceptors (Lipinski definition) is 13. The fraction of sp³-hybridized carbons (Fsp3) is 0.567. The summed E-state index contributed by atoms with van der Waals surface area (Å²) in [7, 11) is 0. The van der Waals surface area contributed by atoms with E-state index in [0.717, 1.165) is 27.7 Å². The van der Waals surface area contributed by atoms with Crippen molar-refractivity contribution in [3.05, 3.63) is 35.9 Å². The Bertz CT molecular complexity index is 1250. The molecule has 0 spiro atoms. The number of rotatable bonds is 16. The van der Waals surface area contributed by atoms with E-state index in [1.807, 2.05) is 0 Å². The van der Waals surface area contributed by atoms with E-state index in [-0.39, 0.29) is 6.42 Å². The summed E-state index contributed by atoms with van der Waals surface area (Å²) >= 11 is 0. The van der Waals surface area contributed by atoms with Gasteiger partial charge in [-0.25, -0.2) is 4.79 Å². The summed E-state index contributed by atoms with van der Waals surface area (Å²) in [6, 6.07) is 8.18. The Labute approximate surface area is 266 Å². The molecule has 4 N–H and O–H groups in total. The van der Waals surface area contributed by atoms with E-state index in [2.05, 4.69) is 10.6 Å². The van der Waals surface area contributed by atoms with E-state index >= 15 is 0 Å². The number of carboxylic acids is 1. The van der Waals surface area contributed by atoms with E-state index < -0.39 is 97.0 Å². The first kappa shape index (κ1) is 39.3. The number of hydrogen-bond donors (Lipinski definition) is 4. The minimum atomic E-state index is -2.17. The van der Waals surface area contributed by atoms with Crippen molar-refractivity contribution in [3.63, 3.8) is 0 Å². The van der Waals surface area contributed by atoms with Gasteiger partial charge < -0.3 is 44.5 Å². The molecule has 46 heavy (non-hydrogen) atoms. The van der Waals surface area contributed by atoms with E-state index in [1.165, 1.54) is 0 Å². The Morgan fingerprint density at radius 3 is 1.83 bits per heavy atom. The molecule has 0 heterocycles. The third kappa shape index (κ3) is 14.4. The summed E-state index contributed by atoms with van der Waals surface area (Å²) in [5.74, 6) is -6.19. The highest BCUT2D eigenvalue weighted by atomic mass is 16.6. The van der Waals surface area contributed by atoms with Gasteiger partial charge in [-0.3, -0.25) is 28.8 Å². The van der Waals surface area contributed by atoms with Crippen molar-refractivity contribution in [1.82, 2.24) is 10.6 Å². The standard InChI is InChI=1S/C30H42N2O14/c1-17(33)42-16-22(37)25(44-19(3)35)26(45-20(4)36)23(43-18(2)34)15-31-27(40)30(14-24(38)39,13-21-11-9-8-10-12-21)32-28(41)46-29(5,6)7/h8-12,22-23,25-26,37H,13-16H2,1-7H3,(H,31,40)(H,32,41)(H,38,39)/t22-,23+,25-,26-,30+/m1/s1. The van der Waals surface area contributed by atoms with Crippen LogP contribution in [0.25, 0.3) is 0 Å². The van der Waals surface area contributed by atoms with Gasteiger partial charge in [0.1, 0.15) is 23.9 Å². The number of alkyl carbamates (subject to hydrolysis) is 1. The van der Waals surface area contributed by atoms with E-state index in [4.69, 9.17) is 23.7 Å². The van der Waals surface area contributed by atoms with Gasteiger partial charge in [-0.1, -0.05) is 30.3 Å². The maximum Gasteiger partial charge on any atom is 0.408 e. The first-order valence-corrected chi connectivity index (χ1v) is 14.1. The molecular weight excluding hydrogens is 612 g/mol. The van der Waals surface area contributed by atoms with Crippen LogP contribution in [0.15, 0.2) is 30.3 Å². The molecule has 0 unspecified atom stereocenters. The topological polar surface area (TPSA) is 230 Å². The molecule has 0 radical (unpaired) electrons. The molecule has 0 aliphatic carbocycles. The predicted octanol–water partition coefficient (Wildman–Crippen LogP) is 0.803. The average Bonchev–Trinajstić information content (AvgIpc) is 2.89. The van der Waals surface area contributed by atoms with Gasteiger partial charge in [0.25, 0.3) is 0 Å². The molecule has 1 rings (SSSR count). The second-order valence-corrected chi connectivity index (χ2v) is 11.3. The Kier molecular flexibility index (Phi) is 15.1. The highest BCUT2D eigenvalue weighted by Crippen LogP contribution is 2.22. The molecular formula is C30H42N2O14. The third-order valence-corrected chi connectivity index (χ3v) is 5.89. The van der Waals surface area contributed by atoms with E-state index in [0.29, 0.717) is 5.56 Å². The maximum atomic E-state index is 13.9.